The average Bonchev–Trinajstić information content (AvgIpc) is 3.68. The summed E-state index contributed by atoms with van der Waals surface area (Å²) in [6.45, 7) is 1.51. The van der Waals surface area contributed by atoms with Gasteiger partial charge in [-0.1, -0.05) is 0 Å². The molecule has 0 radical (unpaired) electrons. The first-order chi connectivity index (χ1) is 15.1. The number of aldehydes is 1. The largest absolute Gasteiger partial charge is 0.372 e. The summed E-state index contributed by atoms with van der Waals surface area (Å²) >= 11 is 0. The molecule has 0 aliphatic heterocycles. The van der Waals surface area contributed by atoms with E-state index in [0.717, 1.165) is 31.6 Å². The molecule has 1 amide bonds. The van der Waals surface area contributed by atoms with Gasteiger partial charge in [-0.3, -0.25) is 9.78 Å². The Balaban J connectivity index is 1.46. The molecule has 2 heterocycles. The molecule has 0 bridgehead atoms. The summed E-state index contributed by atoms with van der Waals surface area (Å²) < 4.78 is 0. The predicted molar refractivity (Wildman–Crippen MR) is 115 cm³/mol. The smallest absolute Gasteiger partial charge is 0.228 e. The maximum atomic E-state index is 11.9. The van der Waals surface area contributed by atoms with Gasteiger partial charge in [-0.25, -0.2) is 9.97 Å². The van der Waals surface area contributed by atoms with E-state index in [-0.39, 0.29) is 17.5 Å². The minimum absolute atomic E-state index is 0.0277. The Kier molecular flexibility index (Phi) is 6.18. The van der Waals surface area contributed by atoms with Crippen molar-refractivity contribution in [1.29, 1.82) is 5.26 Å². The lowest BCUT2D eigenvalue weighted by Crippen LogP contribution is -2.36. The van der Waals surface area contributed by atoms with E-state index < -0.39 is 6.04 Å². The number of nitrogens with zero attached hydrogens (tertiary/aromatic N) is 5. The molecule has 2 fully saturated rings. The summed E-state index contributed by atoms with van der Waals surface area (Å²) in [5.41, 5.74) is 1.90. The van der Waals surface area contributed by atoms with Crippen LogP contribution < -0.4 is 10.6 Å². The van der Waals surface area contributed by atoms with Crippen LogP contribution in [0.1, 0.15) is 31.4 Å². The van der Waals surface area contributed by atoms with Crippen molar-refractivity contribution in [3.63, 3.8) is 0 Å². The van der Waals surface area contributed by atoms with Crippen molar-refractivity contribution in [2.75, 3.05) is 30.8 Å². The third-order valence-electron chi connectivity index (χ3n) is 5.42. The van der Waals surface area contributed by atoms with Crippen molar-refractivity contribution in [3.05, 3.63) is 30.4 Å². The zero-order chi connectivity index (χ0) is 21.8. The number of anilines is 2. The van der Waals surface area contributed by atoms with Crippen LogP contribution in [-0.2, 0) is 9.59 Å². The zero-order valence-corrected chi connectivity index (χ0v) is 17.4. The van der Waals surface area contributed by atoms with Crippen molar-refractivity contribution < 1.29 is 9.59 Å². The van der Waals surface area contributed by atoms with Gasteiger partial charge >= 0.3 is 0 Å². The SMILES string of the molecule is CN(CC1CC1)CC(C=O)Nc1cc(-c2cnc(NC(=O)C3CC3)cn2)cnc1C#N. The van der Waals surface area contributed by atoms with Crippen molar-refractivity contribution in [2.45, 2.75) is 31.7 Å². The molecule has 1 unspecified atom stereocenters. The molecule has 0 aromatic carbocycles. The Morgan fingerprint density at radius 2 is 2.06 bits per heavy atom. The number of likely N-dealkylation sites (N-methyl/N-ethyl adjacent to an activating group) is 1. The number of nitrogens with one attached hydrogen (secondary N) is 2. The number of hydrogen-bond acceptors (Lipinski definition) is 8. The molecule has 1 atom stereocenters. The first kappa shape index (κ1) is 20.9. The van der Waals surface area contributed by atoms with Gasteiger partial charge in [0, 0.05) is 30.8 Å². The molecular weight excluding hydrogens is 394 g/mol. The first-order valence-corrected chi connectivity index (χ1v) is 10.5. The number of pyridine rings is 1. The van der Waals surface area contributed by atoms with Gasteiger partial charge in [-0.15, -0.1) is 0 Å². The molecule has 2 N–H and O–H groups in total. The number of rotatable bonds is 10. The Hall–Kier alpha value is -3.38. The number of nitriles is 1. The van der Waals surface area contributed by atoms with E-state index in [1.165, 1.54) is 19.0 Å². The van der Waals surface area contributed by atoms with Crippen molar-refractivity contribution in [1.82, 2.24) is 19.9 Å². The fourth-order valence-electron chi connectivity index (χ4n) is 3.39. The highest BCUT2D eigenvalue weighted by Gasteiger charge is 2.29. The molecule has 2 aromatic rings. The molecule has 2 saturated carbocycles. The van der Waals surface area contributed by atoms with E-state index in [4.69, 9.17) is 0 Å². The summed E-state index contributed by atoms with van der Waals surface area (Å²) in [4.78, 5) is 38.4. The van der Waals surface area contributed by atoms with Crippen molar-refractivity contribution in [2.24, 2.45) is 11.8 Å². The molecule has 31 heavy (non-hydrogen) atoms. The Bertz CT molecular complexity index is 994. The Morgan fingerprint density at radius 3 is 2.68 bits per heavy atom. The molecule has 160 valence electrons. The van der Waals surface area contributed by atoms with Crippen molar-refractivity contribution in [3.8, 4) is 17.3 Å². The van der Waals surface area contributed by atoms with Crippen LogP contribution in [0.3, 0.4) is 0 Å². The summed E-state index contributed by atoms with van der Waals surface area (Å²) in [7, 11) is 2.00. The normalized spacial score (nSPS) is 16.4. The fraction of sp³-hybridized carbons (Fsp3) is 0.455. The first-order valence-electron chi connectivity index (χ1n) is 10.5. The van der Waals surface area contributed by atoms with E-state index in [1.807, 2.05) is 7.05 Å². The molecular formula is C22H25N7O2. The van der Waals surface area contributed by atoms with Gasteiger partial charge in [0.15, 0.2) is 11.5 Å². The maximum absolute atomic E-state index is 11.9. The zero-order valence-electron chi connectivity index (χ0n) is 17.4. The quantitative estimate of drug-likeness (QED) is 0.561. The summed E-state index contributed by atoms with van der Waals surface area (Å²) in [5.74, 6) is 1.19. The lowest BCUT2D eigenvalue weighted by Gasteiger charge is -2.22. The number of amides is 1. The number of carbonyl (C=O) groups excluding carboxylic acids is 2. The van der Waals surface area contributed by atoms with Crippen LogP contribution in [0.15, 0.2) is 24.7 Å². The van der Waals surface area contributed by atoms with E-state index in [9.17, 15) is 14.9 Å². The lowest BCUT2D eigenvalue weighted by atomic mass is 10.1. The third-order valence-corrected chi connectivity index (χ3v) is 5.42. The average molecular weight is 419 g/mol. The molecule has 2 aliphatic carbocycles. The highest BCUT2D eigenvalue weighted by Crippen LogP contribution is 2.30. The fourth-order valence-corrected chi connectivity index (χ4v) is 3.39. The highest BCUT2D eigenvalue weighted by molar-refractivity contribution is 5.93. The highest BCUT2D eigenvalue weighted by atomic mass is 16.2. The Labute approximate surface area is 180 Å². The standard InChI is InChI=1S/C22H25N7O2/c1-29(11-14-2-3-14)12-17(13-30)27-18-6-16(8-24-19(18)7-23)20-9-26-21(10-25-20)28-22(31)15-4-5-15/h6,8-10,13-15,17,27H,2-5,11-12H2,1H3,(H,26,28,31). The summed E-state index contributed by atoms with van der Waals surface area (Å²) in [6, 6.07) is 3.35. The number of hydrogen-bond donors (Lipinski definition) is 2. The summed E-state index contributed by atoms with van der Waals surface area (Å²) in [5, 5.41) is 15.3. The second kappa shape index (κ2) is 9.18. The molecule has 4 rings (SSSR count). The molecule has 2 aliphatic rings. The van der Waals surface area contributed by atoms with Gasteiger partial charge in [0.1, 0.15) is 12.4 Å². The van der Waals surface area contributed by atoms with Gasteiger partial charge in [0.25, 0.3) is 0 Å². The van der Waals surface area contributed by atoms with Gasteiger partial charge in [0.2, 0.25) is 5.91 Å². The lowest BCUT2D eigenvalue weighted by molar-refractivity contribution is -0.117. The summed E-state index contributed by atoms with van der Waals surface area (Å²) in [6.07, 6.45) is 9.79. The van der Waals surface area contributed by atoms with Crippen LogP contribution in [0.25, 0.3) is 11.3 Å². The van der Waals surface area contributed by atoms with Crippen LogP contribution in [0, 0.1) is 23.2 Å². The number of carbonyl (C=O) groups is 2. The molecule has 0 spiro atoms. The van der Waals surface area contributed by atoms with Crippen LogP contribution >= 0.6 is 0 Å². The monoisotopic (exact) mass is 419 g/mol. The van der Waals surface area contributed by atoms with Crippen LogP contribution in [0.4, 0.5) is 11.5 Å². The minimum Gasteiger partial charge on any atom is -0.372 e. The van der Waals surface area contributed by atoms with E-state index in [1.54, 1.807) is 18.5 Å². The second-order valence-electron chi connectivity index (χ2n) is 8.33. The van der Waals surface area contributed by atoms with Crippen LogP contribution in [0.2, 0.25) is 0 Å². The van der Waals surface area contributed by atoms with Gasteiger partial charge < -0.3 is 20.3 Å². The minimum atomic E-state index is -0.459. The molecule has 0 saturated heterocycles. The number of aromatic nitrogens is 3. The van der Waals surface area contributed by atoms with Crippen molar-refractivity contribution >= 4 is 23.7 Å². The topological polar surface area (TPSA) is 124 Å². The molecule has 9 heteroatoms. The van der Waals surface area contributed by atoms with Gasteiger partial charge in [-0.05, 0) is 44.7 Å². The van der Waals surface area contributed by atoms with E-state index in [0.29, 0.717) is 29.3 Å². The predicted octanol–water partition coefficient (Wildman–Crippen LogP) is 2.08. The maximum Gasteiger partial charge on any atom is 0.228 e. The van der Waals surface area contributed by atoms with E-state index >= 15 is 0 Å². The molecule has 9 nitrogen and oxygen atoms in total. The van der Waals surface area contributed by atoms with Crippen LogP contribution in [0.5, 0.6) is 0 Å². The Morgan fingerprint density at radius 1 is 1.26 bits per heavy atom. The van der Waals surface area contributed by atoms with Crippen LogP contribution in [-0.4, -0.2) is 58.2 Å². The molecule has 2 aromatic heterocycles. The third kappa shape index (κ3) is 5.61. The van der Waals surface area contributed by atoms with E-state index in [2.05, 4.69) is 36.6 Å². The van der Waals surface area contributed by atoms with Gasteiger partial charge in [-0.2, -0.15) is 5.26 Å². The second-order valence-corrected chi connectivity index (χ2v) is 8.33. The van der Waals surface area contributed by atoms with Gasteiger partial charge in [0.05, 0.1) is 29.8 Å².